The lowest BCUT2D eigenvalue weighted by atomic mass is 10.1. The molecule has 0 fully saturated rings. The number of pyridine rings is 2. The lowest BCUT2D eigenvalue weighted by Crippen LogP contribution is -1.99. The maximum Gasteiger partial charge on any atom is 0.149 e. The Morgan fingerprint density at radius 1 is 0.500 bits per heavy atom. The summed E-state index contributed by atoms with van der Waals surface area (Å²) in [5, 5.41) is 5.76. The number of benzene rings is 4. The van der Waals surface area contributed by atoms with Gasteiger partial charge < -0.3 is 0 Å². The van der Waals surface area contributed by atoms with Crippen LogP contribution in [0.2, 0.25) is 0 Å². The summed E-state index contributed by atoms with van der Waals surface area (Å²) in [6.45, 7) is 0. The van der Waals surface area contributed by atoms with Gasteiger partial charge in [-0.05, 0) is 47.9 Å². The first-order valence-electron chi connectivity index (χ1n) is 12.1. The predicted molar refractivity (Wildman–Crippen MR) is 148 cm³/mol. The maximum atomic E-state index is 5.40. The molecular weight excluding hydrogens is 440 g/mol. The predicted octanol–water partition coefficient (Wildman–Crippen LogP) is 7.82. The van der Waals surface area contributed by atoms with Gasteiger partial charge in [-0.3, -0.25) is 14.1 Å². The summed E-state index contributed by atoms with van der Waals surface area (Å²) in [6.07, 6.45) is 1.87. The van der Waals surface area contributed by atoms with Crippen LogP contribution in [0, 0.1) is 0 Å². The third kappa shape index (κ3) is 2.58. The van der Waals surface area contributed by atoms with E-state index in [2.05, 4.69) is 112 Å². The van der Waals surface area contributed by atoms with Crippen molar-refractivity contribution < 1.29 is 0 Å². The molecule has 0 unspecified atom stereocenters. The Balaban J connectivity index is 1.59. The minimum Gasteiger partial charge on any atom is -0.294 e. The molecular formula is C32H20N4. The fraction of sp³-hybridized carbons (Fsp3) is 0. The molecule has 8 rings (SSSR count). The highest BCUT2D eigenvalue weighted by Crippen LogP contribution is 2.38. The van der Waals surface area contributed by atoms with E-state index in [1.165, 1.54) is 16.2 Å². The Morgan fingerprint density at radius 3 is 2.14 bits per heavy atom. The second-order valence-electron chi connectivity index (χ2n) is 9.12. The molecule has 0 aliphatic carbocycles. The number of para-hydroxylation sites is 2. The first-order valence-corrected chi connectivity index (χ1v) is 12.1. The van der Waals surface area contributed by atoms with Gasteiger partial charge in [-0.15, -0.1) is 0 Å². The van der Waals surface area contributed by atoms with Gasteiger partial charge in [-0.2, -0.15) is 0 Å². The van der Waals surface area contributed by atoms with E-state index in [1.54, 1.807) is 0 Å². The van der Waals surface area contributed by atoms with Gasteiger partial charge in [-0.25, -0.2) is 4.98 Å². The molecule has 0 aliphatic rings. The summed E-state index contributed by atoms with van der Waals surface area (Å²) in [5.74, 6) is 0. The van der Waals surface area contributed by atoms with Crippen LogP contribution in [-0.2, 0) is 0 Å². The van der Waals surface area contributed by atoms with Gasteiger partial charge in [0.15, 0.2) is 0 Å². The molecule has 36 heavy (non-hydrogen) atoms. The molecule has 0 saturated heterocycles. The van der Waals surface area contributed by atoms with E-state index < -0.39 is 0 Å². The number of nitrogens with zero attached hydrogens (tertiary/aromatic N) is 4. The Hall–Kier alpha value is -4.96. The van der Waals surface area contributed by atoms with E-state index >= 15 is 0 Å². The van der Waals surface area contributed by atoms with Crippen LogP contribution >= 0.6 is 0 Å². The highest BCUT2D eigenvalue weighted by Gasteiger charge is 2.20. The Kier molecular flexibility index (Phi) is 3.91. The molecule has 4 aromatic carbocycles. The molecule has 0 bridgehead atoms. The molecule has 4 heterocycles. The zero-order chi connectivity index (χ0) is 23.6. The monoisotopic (exact) mass is 460 g/mol. The third-order valence-electron chi connectivity index (χ3n) is 7.15. The van der Waals surface area contributed by atoms with Gasteiger partial charge in [-0.1, -0.05) is 72.8 Å². The molecule has 168 valence electrons. The summed E-state index contributed by atoms with van der Waals surface area (Å²) in [4.78, 5) is 10.2. The van der Waals surface area contributed by atoms with Crippen molar-refractivity contribution in [3.05, 3.63) is 121 Å². The van der Waals surface area contributed by atoms with Gasteiger partial charge in [0.2, 0.25) is 0 Å². The SMILES string of the molecule is c1ccc(-n2c3ccccc3c3cc4c5ncccc5n(-c5cccc6ccccc56)c4nc32)cc1. The Morgan fingerprint density at radius 2 is 1.22 bits per heavy atom. The van der Waals surface area contributed by atoms with Crippen molar-refractivity contribution in [2.45, 2.75) is 0 Å². The van der Waals surface area contributed by atoms with Crippen molar-refractivity contribution in [2.24, 2.45) is 0 Å². The maximum absolute atomic E-state index is 5.40. The van der Waals surface area contributed by atoms with Crippen LogP contribution in [0.25, 0.3) is 66.2 Å². The zero-order valence-corrected chi connectivity index (χ0v) is 19.3. The second kappa shape index (κ2) is 7.27. The van der Waals surface area contributed by atoms with E-state index in [-0.39, 0.29) is 0 Å². The number of aromatic nitrogens is 4. The number of hydrogen-bond acceptors (Lipinski definition) is 2. The van der Waals surface area contributed by atoms with E-state index in [4.69, 9.17) is 9.97 Å². The van der Waals surface area contributed by atoms with Crippen LogP contribution in [0.15, 0.2) is 121 Å². The van der Waals surface area contributed by atoms with Crippen LogP contribution in [0.3, 0.4) is 0 Å². The Labute approximate surface area is 206 Å². The van der Waals surface area contributed by atoms with E-state index in [0.717, 1.165) is 50.0 Å². The molecule has 8 aromatic rings. The van der Waals surface area contributed by atoms with Gasteiger partial charge in [0.1, 0.15) is 11.3 Å². The minimum absolute atomic E-state index is 0.910. The van der Waals surface area contributed by atoms with Crippen LogP contribution in [-0.4, -0.2) is 19.1 Å². The third-order valence-corrected chi connectivity index (χ3v) is 7.15. The Bertz CT molecular complexity index is 2090. The molecule has 4 aromatic heterocycles. The van der Waals surface area contributed by atoms with Crippen molar-refractivity contribution in [3.63, 3.8) is 0 Å². The van der Waals surface area contributed by atoms with Crippen molar-refractivity contribution in [1.29, 1.82) is 0 Å². The average Bonchev–Trinajstić information content (AvgIpc) is 3.44. The van der Waals surface area contributed by atoms with Gasteiger partial charge in [0.05, 0.1) is 22.2 Å². The smallest absolute Gasteiger partial charge is 0.149 e. The van der Waals surface area contributed by atoms with E-state index in [9.17, 15) is 0 Å². The van der Waals surface area contributed by atoms with Crippen LogP contribution in [0.1, 0.15) is 0 Å². The van der Waals surface area contributed by atoms with Gasteiger partial charge in [0, 0.05) is 33.4 Å². The topological polar surface area (TPSA) is 35.6 Å². The summed E-state index contributed by atoms with van der Waals surface area (Å²) in [6, 6.07) is 40.4. The summed E-state index contributed by atoms with van der Waals surface area (Å²) in [5.41, 5.74) is 7.22. The standard InChI is InChI=1S/C32H20N4/c1-2-12-22(13-3-1)35-28-16-7-6-15-24(28)25-20-26-30-29(18-9-19-33-30)36(32(26)34-31(25)35)27-17-8-11-21-10-4-5-14-23(21)27/h1-20H. The molecule has 0 atom stereocenters. The molecule has 0 N–H and O–H groups in total. The van der Waals surface area contributed by atoms with Crippen molar-refractivity contribution in [1.82, 2.24) is 19.1 Å². The average molecular weight is 461 g/mol. The second-order valence-corrected chi connectivity index (χ2v) is 9.12. The number of hydrogen-bond donors (Lipinski definition) is 0. The highest BCUT2D eigenvalue weighted by molar-refractivity contribution is 6.16. The quantitative estimate of drug-likeness (QED) is 0.264. The lowest BCUT2D eigenvalue weighted by Gasteiger charge is -2.11. The normalized spacial score (nSPS) is 11.9. The number of rotatable bonds is 2. The zero-order valence-electron chi connectivity index (χ0n) is 19.3. The largest absolute Gasteiger partial charge is 0.294 e. The van der Waals surface area contributed by atoms with E-state index in [1.807, 2.05) is 18.3 Å². The summed E-state index contributed by atoms with van der Waals surface area (Å²) >= 11 is 0. The molecule has 0 saturated carbocycles. The molecule has 0 radical (unpaired) electrons. The summed E-state index contributed by atoms with van der Waals surface area (Å²) in [7, 11) is 0. The van der Waals surface area contributed by atoms with Gasteiger partial charge in [0.25, 0.3) is 0 Å². The van der Waals surface area contributed by atoms with Crippen LogP contribution in [0.4, 0.5) is 0 Å². The van der Waals surface area contributed by atoms with Crippen LogP contribution < -0.4 is 0 Å². The first kappa shape index (κ1) is 19.4. The number of fused-ring (bicyclic) bond motifs is 7. The molecule has 0 spiro atoms. The van der Waals surface area contributed by atoms with Crippen molar-refractivity contribution >= 4 is 54.8 Å². The highest BCUT2D eigenvalue weighted by atomic mass is 15.1. The molecule has 4 nitrogen and oxygen atoms in total. The fourth-order valence-corrected chi connectivity index (χ4v) is 5.60. The van der Waals surface area contributed by atoms with E-state index in [0.29, 0.717) is 0 Å². The minimum atomic E-state index is 0.910. The van der Waals surface area contributed by atoms with Crippen molar-refractivity contribution in [3.8, 4) is 11.4 Å². The lowest BCUT2D eigenvalue weighted by molar-refractivity contribution is 1.11. The first-order chi connectivity index (χ1) is 17.9. The molecule has 4 heteroatoms. The van der Waals surface area contributed by atoms with Crippen LogP contribution in [0.5, 0.6) is 0 Å². The fourth-order valence-electron chi connectivity index (χ4n) is 5.60. The summed E-state index contributed by atoms with van der Waals surface area (Å²) < 4.78 is 4.54. The van der Waals surface area contributed by atoms with Gasteiger partial charge >= 0.3 is 0 Å². The molecule has 0 amide bonds. The molecule has 0 aliphatic heterocycles. The van der Waals surface area contributed by atoms with Crippen molar-refractivity contribution in [2.75, 3.05) is 0 Å².